The minimum absolute atomic E-state index is 0.103. The fourth-order valence-corrected chi connectivity index (χ4v) is 4.01. The molecule has 0 saturated carbocycles. The highest BCUT2D eigenvalue weighted by atomic mass is 32.1. The monoisotopic (exact) mass is 333 g/mol. The number of ether oxygens (including phenoxy) is 1. The third-order valence-corrected chi connectivity index (χ3v) is 5.14. The van der Waals surface area contributed by atoms with Crippen molar-refractivity contribution in [3.63, 3.8) is 0 Å². The molecule has 23 heavy (non-hydrogen) atoms. The molecule has 122 valence electrons. The lowest BCUT2D eigenvalue weighted by Crippen LogP contribution is -2.31. The van der Waals surface area contributed by atoms with Gasteiger partial charge in [0.1, 0.15) is 11.2 Å². The van der Waals surface area contributed by atoms with E-state index in [4.69, 9.17) is 9.84 Å². The van der Waals surface area contributed by atoms with Crippen LogP contribution in [0.15, 0.2) is 6.33 Å². The second-order valence-corrected chi connectivity index (χ2v) is 7.43. The number of nitrogens with one attached hydrogen (secondary N) is 1. The second-order valence-electron chi connectivity index (χ2n) is 6.35. The van der Waals surface area contributed by atoms with Gasteiger partial charge >= 0.3 is 0 Å². The van der Waals surface area contributed by atoms with Gasteiger partial charge < -0.3 is 15.2 Å². The van der Waals surface area contributed by atoms with E-state index < -0.39 is 0 Å². The van der Waals surface area contributed by atoms with Crippen LogP contribution in [0.25, 0.3) is 15.9 Å². The number of fused-ring (bicyclic) bond motifs is 5. The molecule has 0 saturated heterocycles. The van der Waals surface area contributed by atoms with Crippen molar-refractivity contribution in [1.29, 1.82) is 0 Å². The number of thiophene rings is 1. The number of aromatic nitrogens is 4. The van der Waals surface area contributed by atoms with E-state index in [1.807, 2.05) is 0 Å². The standard InChI is InChI=1S/C15H19N5O2S/c1-15(2)5-9-10(7-22-15)23-14-12(9)13-18-11(6-16-3-4-21)19-20(13)8-17-14/h8,16,21H,3-7H2,1-2H3. The summed E-state index contributed by atoms with van der Waals surface area (Å²) in [5, 5.41) is 17.5. The van der Waals surface area contributed by atoms with Crippen molar-refractivity contribution in [1.82, 2.24) is 24.9 Å². The molecule has 0 aromatic carbocycles. The Morgan fingerprint density at radius 3 is 3.17 bits per heavy atom. The average molecular weight is 333 g/mol. The molecule has 0 bridgehead atoms. The summed E-state index contributed by atoms with van der Waals surface area (Å²) in [4.78, 5) is 11.4. The average Bonchev–Trinajstić information content (AvgIpc) is 3.06. The summed E-state index contributed by atoms with van der Waals surface area (Å²) in [5.74, 6) is 0.707. The van der Waals surface area contributed by atoms with E-state index in [9.17, 15) is 0 Å². The zero-order valence-electron chi connectivity index (χ0n) is 13.2. The van der Waals surface area contributed by atoms with E-state index in [2.05, 4.69) is 34.2 Å². The largest absolute Gasteiger partial charge is 0.395 e. The van der Waals surface area contributed by atoms with E-state index >= 15 is 0 Å². The first-order valence-electron chi connectivity index (χ1n) is 7.67. The van der Waals surface area contributed by atoms with Crippen LogP contribution in [-0.4, -0.2) is 43.4 Å². The lowest BCUT2D eigenvalue weighted by atomic mass is 9.94. The molecule has 0 fully saturated rings. The quantitative estimate of drug-likeness (QED) is 0.700. The van der Waals surface area contributed by atoms with Gasteiger partial charge in [0.25, 0.3) is 0 Å². The topological polar surface area (TPSA) is 84.6 Å². The van der Waals surface area contributed by atoms with Gasteiger partial charge in [0.2, 0.25) is 0 Å². The Hall–Kier alpha value is -1.61. The molecule has 2 N–H and O–H groups in total. The maximum absolute atomic E-state index is 8.85. The summed E-state index contributed by atoms with van der Waals surface area (Å²) >= 11 is 1.68. The Kier molecular flexibility index (Phi) is 3.56. The molecule has 0 spiro atoms. The van der Waals surface area contributed by atoms with E-state index in [-0.39, 0.29) is 12.2 Å². The van der Waals surface area contributed by atoms with Crippen molar-refractivity contribution in [2.75, 3.05) is 13.2 Å². The van der Waals surface area contributed by atoms with Crippen LogP contribution < -0.4 is 5.32 Å². The Morgan fingerprint density at radius 2 is 2.35 bits per heavy atom. The summed E-state index contributed by atoms with van der Waals surface area (Å²) < 4.78 is 7.65. The second kappa shape index (κ2) is 5.48. The smallest absolute Gasteiger partial charge is 0.168 e. The van der Waals surface area contributed by atoms with E-state index in [0.717, 1.165) is 22.3 Å². The van der Waals surface area contributed by atoms with Crippen LogP contribution in [0, 0.1) is 0 Å². The van der Waals surface area contributed by atoms with Crippen molar-refractivity contribution in [3.05, 3.63) is 22.6 Å². The van der Waals surface area contributed by atoms with Crippen molar-refractivity contribution in [2.24, 2.45) is 0 Å². The van der Waals surface area contributed by atoms with Crippen LogP contribution in [0.4, 0.5) is 0 Å². The molecule has 3 aromatic heterocycles. The zero-order chi connectivity index (χ0) is 16.0. The lowest BCUT2D eigenvalue weighted by Gasteiger charge is -2.30. The Bertz CT molecular complexity index is 870. The molecule has 0 aliphatic carbocycles. The van der Waals surface area contributed by atoms with E-state index in [0.29, 0.717) is 25.5 Å². The third-order valence-electron chi connectivity index (χ3n) is 4.02. The maximum Gasteiger partial charge on any atom is 0.168 e. The van der Waals surface area contributed by atoms with E-state index in [1.165, 1.54) is 10.4 Å². The first-order chi connectivity index (χ1) is 11.1. The van der Waals surface area contributed by atoms with Gasteiger partial charge in [0.15, 0.2) is 11.5 Å². The van der Waals surface area contributed by atoms with Crippen LogP contribution >= 0.6 is 11.3 Å². The fraction of sp³-hybridized carbons (Fsp3) is 0.533. The van der Waals surface area contributed by atoms with Crippen molar-refractivity contribution < 1.29 is 9.84 Å². The Balaban J connectivity index is 1.82. The molecule has 0 unspecified atom stereocenters. The number of rotatable bonds is 4. The molecule has 3 aromatic rings. The van der Waals surface area contributed by atoms with Crippen molar-refractivity contribution in [3.8, 4) is 0 Å². The van der Waals surface area contributed by atoms with Crippen LogP contribution in [-0.2, 0) is 24.3 Å². The van der Waals surface area contributed by atoms with E-state index in [1.54, 1.807) is 22.2 Å². The van der Waals surface area contributed by atoms with Crippen molar-refractivity contribution >= 4 is 27.2 Å². The first-order valence-corrected chi connectivity index (χ1v) is 8.49. The maximum atomic E-state index is 8.85. The molecule has 7 nitrogen and oxygen atoms in total. The predicted molar refractivity (Wildman–Crippen MR) is 87.5 cm³/mol. The van der Waals surface area contributed by atoms with Gasteiger partial charge in [0.05, 0.1) is 30.7 Å². The molecular formula is C15H19N5O2S. The highest BCUT2D eigenvalue weighted by Gasteiger charge is 2.30. The summed E-state index contributed by atoms with van der Waals surface area (Å²) in [6.45, 7) is 6.02. The van der Waals surface area contributed by atoms with Crippen LogP contribution in [0.5, 0.6) is 0 Å². The highest BCUT2D eigenvalue weighted by Crippen LogP contribution is 2.39. The summed E-state index contributed by atoms with van der Waals surface area (Å²) in [7, 11) is 0. The number of aliphatic hydroxyl groups is 1. The van der Waals surface area contributed by atoms with Gasteiger partial charge in [0, 0.05) is 17.8 Å². The SMILES string of the molecule is CC1(C)Cc2c(sc3ncn4nc(CNCCO)nc4c23)CO1. The Morgan fingerprint density at radius 1 is 1.48 bits per heavy atom. The molecule has 8 heteroatoms. The predicted octanol–water partition coefficient (Wildman–Crippen LogP) is 1.27. The normalized spacial score (nSPS) is 17.0. The molecule has 1 aliphatic heterocycles. The highest BCUT2D eigenvalue weighted by molar-refractivity contribution is 7.19. The van der Waals surface area contributed by atoms with Gasteiger partial charge in [-0.15, -0.1) is 16.4 Å². The fourth-order valence-electron chi connectivity index (χ4n) is 2.94. The third kappa shape index (κ3) is 2.61. The summed E-state index contributed by atoms with van der Waals surface area (Å²) in [6, 6.07) is 0. The molecular weight excluding hydrogens is 314 g/mol. The molecule has 0 radical (unpaired) electrons. The Labute approximate surface area is 137 Å². The van der Waals surface area contributed by atoms with Gasteiger partial charge in [-0.3, -0.25) is 0 Å². The van der Waals surface area contributed by atoms with Crippen LogP contribution in [0.2, 0.25) is 0 Å². The lowest BCUT2D eigenvalue weighted by molar-refractivity contribution is -0.0379. The molecule has 1 aliphatic rings. The van der Waals surface area contributed by atoms with Gasteiger partial charge in [-0.2, -0.15) is 0 Å². The van der Waals surface area contributed by atoms with Gasteiger partial charge in [-0.05, 0) is 19.4 Å². The number of hydrogen-bond acceptors (Lipinski definition) is 7. The number of aliphatic hydroxyl groups excluding tert-OH is 1. The van der Waals surface area contributed by atoms with Gasteiger partial charge in [-0.25, -0.2) is 14.5 Å². The minimum atomic E-state index is -0.167. The van der Waals surface area contributed by atoms with Crippen molar-refractivity contribution in [2.45, 2.75) is 39.0 Å². The first kappa shape index (κ1) is 14.9. The minimum Gasteiger partial charge on any atom is -0.395 e. The summed E-state index contributed by atoms with van der Waals surface area (Å²) in [5.41, 5.74) is 1.98. The molecule has 0 atom stereocenters. The molecule has 4 rings (SSSR count). The molecule has 4 heterocycles. The van der Waals surface area contributed by atoms with Crippen LogP contribution in [0.3, 0.4) is 0 Å². The van der Waals surface area contributed by atoms with Gasteiger partial charge in [-0.1, -0.05) is 0 Å². The number of hydrogen-bond donors (Lipinski definition) is 2. The number of nitrogens with zero attached hydrogens (tertiary/aromatic N) is 4. The van der Waals surface area contributed by atoms with Crippen LogP contribution in [0.1, 0.15) is 30.1 Å². The molecule has 0 amide bonds. The zero-order valence-corrected chi connectivity index (χ0v) is 14.0. The summed E-state index contributed by atoms with van der Waals surface area (Å²) in [6.07, 6.45) is 2.57.